The van der Waals surface area contributed by atoms with Crippen LogP contribution < -0.4 is 10.3 Å². The van der Waals surface area contributed by atoms with E-state index in [-0.39, 0.29) is 11.1 Å². The summed E-state index contributed by atoms with van der Waals surface area (Å²) in [5.41, 5.74) is 1.62. The fraction of sp³-hybridized carbons (Fsp3) is 0.294. The van der Waals surface area contributed by atoms with Crippen molar-refractivity contribution in [1.82, 2.24) is 4.57 Å². The van der Waals surface area contributed by atoms with Crippen molar-refractivity contribution in [2.45, 2.75) is 26.8 Å². The molecule has 2 rings (SSSR count). The Morgan fingerprint density at radius 3 is 2.71 bits per heavy atom. The van der Waals surface area contributed by atoms with Gasteiger partial charge in [-0.3, -0.25) is 4.79 Å². The van der Waals surface area contributed by atoms with Gasteiger partial charge in [-0.2, -0.15) is 5.26 Å². The molecule has 0 bridgehead atoms. The number of hydrogen-bond donors (Lipinski definition) is 0. The smallest absolute Gasteiger partial charge is 0.268 e. The molecular weight excluding hydrogens is 264 g/mol. The van der Waals surface area contributed by atoms with E-state index in [4.69, 9.17) is 10.00 Å². The summed E-state index contributed by atoms with van der Waals surface area (Å²) in [5.74, 6) is 0.786. The largest absolute Gasteiger partial charge is 0.494 e. The molecule has 4 heteroatoms. The number of nitriles is 1. The number of ether oxygens (including phenoxy) is 1. The molecule has 0 saturated heterocycles. The van der Waals surface area contributed by atoms with E-state index in [1.54, 1.807) is 10.6 Å². The minimum Gasteiger partial charge on any atom is -0.494 e. The first-order chi connectivity index (χ1) is 10.2. The molecule has 0 saturated carbocycles. The predicted molar refractivity (Wildman–Crippen MR) is 82.3 cm³/mol. The maximum atomic E-state index is 12.2. The Hall–Kier alpha value is -2.54. The van der Waals surface area contributed by atoms with Gasteiger partial charge in [0, 0.05) is 12.1 Å². The highest BCUT2D eigenvalue weighted by molar-refractivity contribution is 5.62. The zero-order valence-electron chi connectivity index (χ0n) is 12.3. The summed E-state index contributed by atoms with van der Waals surface area (Å²) < 4.78 is 7.23. The normalized spacial score (nSPS) is 10.1. The Bertz CT molecular complexity index is 726. The summed E-state index contributed by atoms with van der Waals surface area (Å²) in [5, 5.41) is 8.96. The van der Waals surface area contributed by atoms with Gasteiger partial charge in [-0.05, 0) is 37.6 Å². The van der Waals surface area contributed by atoms with Crippen LogP contribution in [0.4, 0.5) is 0 Å². The van der Waals surface area contributed by atoms with Crippen LogP contribution in [0.15, 0.2) is 41.2 Å². The Balaban J connectivity index is 2.50. The number of rotatable bonds is 5. The van der Waals surface area contributed by atoms with Gasteiger partial charge in [-0.15, -0.1) is 0 Å². The van der Waals surface area contributed by atoms with Crippen LogP contribution in [-0.4, -0.2) is 11.2 Å². The third kappa shape index (κ3) is 3.14. The van der Waals surface area contributed by atoms with Crippen molar-refractivity contribution in [3.63, 3.8) is 0 Å². The molecule has 108 valence electrons. The SMILES string of the molecule is CCCOc1cccc(-c2ccc(C#N)c(=O)n2CC)c1. The summed E-state index contributed by atoms with van der Waals surface area (Å²) >= 11 is 0. The van der Waals surface area contributed by atoms with Gasteiger partial charge in [0.25, 0.3) is 5.56 Å². The molecule has 0 amide bonds. The van der Waals surface area contributed by atoms with Crippen LogP contribution in [0.1, 0.15) is 25.8 Å². The van der Waals surface area contributed by atoms with E-state index in [9.17, 15) is 4.79 Å². The van der Waals surface area contributed by atoms with Crippen molar-refractivity contribution >= 4 is 0 Å². The minimum absolute atomic E-state index is 0.166. The van der Waals surface area contributed by atoms with Crippen molar-refractivity contribution in [2.75, 3.05) is 6.61 Å². The van der Waals surface area contributed by atoms with E-state index in [1.165, 1.54) is 0 Å². The number of pyridine rings is 1. The zero-order chi connectivity index (χ0) is 15.2. The van der Waals surface area contributed by atoms with Crippen molar-refractivity contribution in [3.05, 3.63) is 52.3 Å². The van der Waals surface area contributed by atoms with E-state index < -0.39 is 0 Å². The highest BCUT2D eigenvalue weighted by Gasteiger charge is 2.09. The highest BCUT2D eigenvalue weighted by atomic mass is 16.5. The molecule has 0 unspecified atom stereocenters. The summed E-state index contributed by atoms with van der Waals surface area (Å²) in [6.45, 7) is 5.13. The molecule has 0 spiro atoms. The molecule has 1 heterocycles. The first kappa shape index (κ1) is 14.9. The molecule has 21 heavy (non-hydrogen) atoms. The molecule has 0 aliphatic rings. The van der Waals surface area contributed by atoms with E-state index in [0.29, 0.717) is 13.2 Å². The number of nitrogens with zero attached hydrogens (tertiary/aromatic N) is 2. The zero-order valence-corrected chi connectivity index (χ0v) is 12.3. The molecule has 2 aromatic rings. The molecule has 1 aromatic heterocycles. The maximum Gasteiger partial charge on any atom is 0.268 e. The summed E-state index contributed by atoms with van der Waals surface area (Å²) in [6.07, 6.45) is 0.945. The molecule has 0 N–H and O–H groups in total. The van der Waals surface area contributed by atoms with Crippen molar-refractivity contribution < 1.29 is 4.74 Å². The van der Waals surface area contributed by atoms with Crippen LogP contribution in [0.3, 0.4) is 0 Å². The van der Waals surface area contributed by atoms with Crippen LogP contribution in [-0.2, 0) is 6.54 Å². The van der Waals surface area contributed by atoms with Crippen molar-refractivity contribution in [2.24, 2.45) is 0 Å². The van der Waals surface area contributed by atoms with E-state index in [1.807, 2.05) is 43.3 Å². The van der Waals surface area contributed by atoms with Gasteiger partial charge in [-0.1, -0.05) is 19.1 Å². The topological polar surface area (TPSA) is 55.0 Å². The van der Waals surface area contributed by atoms with Gasteiger partial charge >= 0.3 is 0 Å². The third-order valence-corrected chi connectivity index (χ3v) is 3.21. The fourth-order valence-electron chi connectivity index (χ4n) is 2.19. The van der Waals surface area contributed by atoms with Crippen LogP contribution >= 0.6 is 0 Å². The molecular formula is C17H18N2O2. The second-order valence-electron chi connectivity index (χ2n) is 4.67. The maximum absolute atomic E-state index is 12.2. The summed E-state index contributed by atoms with van der Waals surface area (Å²) in [6, 6.07) is 13.0. The van der Waals surface area contributed by atoms with E-state index >= 15 is 0 Å². The lowest BCUT2D eigenvalue weighted by molar-refractivity contribution is 0.317. The average molecular weight is 282 g/mol. The minimum atomic E-state index is -0.252. The first-order valence-electron chi connectivity index (χ1n) is 7.08. The van der Waals surface area contributed by atoms with Crippen LogP contribution in [0.5, 0.6) is 5.75 Å². The van der Waals surface area contributed by atoms with Crippen LogP contribution in [0.2, 0.25) is 0 Å². The third-order valence-electron chi connectivity index (χ3n) is 3.21. The molecule has 4 nitrogen and oxygen atoms in total. The summed E-state index contributed by atoms with van der Waals surface area (Å²) in [4.78, 5) is 12.2. The van der Waals surface area contributed by atoms with Gasteiger partial charge in [0.2, 0.25) is 0 Å². The quantitative estimate of drug-likeness (QED) is 0.846. The fourth-order valence-corrected chi connectivity index (χ4v) is 2.19. The lowest BCUT2D eigenvalue weighted by atomic mass is 10.1. The van der Waals surface area contributed by atoms with E-state index in [0.717, 1.165) is 23.4 Å². The lowest BCUT2D eigenvalue weighted by Crippen LogP contribution is -2.23. The monoisotopic (exact) mass is 282 g/mol. The Morgan fingerprint density at radius 2 is 2.05 bits per heavy atom. The number of benzene rings is 1. The van der Waals surface area contributed by atoms with Gasteiger partial charge in [-0.25, -0.2) is 0 Å². The van der Waals surface area contributed by atoms with Crippen molar-refractivity contribution in [1.29, 1.82) is 5.26 Å². The summed E-state index contributed by atoms with van der Waals surface area (Å²) in [7, 11) is 0. The molecule has 0 radical (unpaired) electrons. The second kappa shape index (κ2) is 6.76. The number of aromatic nitrogens is 1. The Kier molecular flexibility index (Phi) is 4.78. The molecule has 0 fully saturated rings. The standard InChI is InChI=1S/C17H18N2O2/c1-3-10-21-15-7-5-6-13(11-15)16-9-8-14(12-18)17(20)19(16)4-2/h5-9,11H,3-4,10H2,1-2H3. The van der Waals surface area contributed by atoms with Gasteiger partial charge in [0.1, 0.15) is 17.4 Å². The molecule has 0 aliphatic heterocycles. The first-order valence-corrected chi connectivity index (χ1v) is 7.08. The van der Waals surface area contributed by atoms with E-state index in [2.05, 4.69) is 6.92 Å². The number of hydrogen-bond acceptors (Lipinski definition) is 3. The Morgan fingerprint density at radius 1 is 1.24 bits per heavy atom. The van der Waals surface area contributed by atoms with Gasteiger partial charge in [0.15, 0.2) is 0 Å². The van der Waals surface area contributed by atoms with Crippen molar-refractivity contribution in [3.8, 4) is 23.1 Å². The average Bonchev–Trinajstić information content (AvgIpc) is 2.52. The predicted octanol–water partition coefficient (Wildman–Crippen LogP) is 3.20. The highest BCUT2D eigenvalue weighted by Crippen LogP contribution is 2.23. The van der Waals surface area contributed by atoms with Crippen LogP contribution in [0.25, 0.3) is 11.3 Å². The second-order valence-corrected chi connectivity index (χ2v) is 4.67. The molecule has 0 aliphatic carbocycles. The Labute approximate surface area is 124 Å². The lowest BCUT2D eigenvalue weighted by Gasteiger charge is -2.12. The van der Waals surface area contributed by atoms with Crippen LogP contribution in [0, 0.1) is 11.3 Å². The van der Waals surface area contributed by atoms with Gasteiger partial charge in [0.05, 0.1) is 12.3 Å². The van der Waals surface area contributed by atoms with Gasteiger partial charge < -0.3 is 9.30 Å². The molecule has 1 aromatic carbocycles. The molecule has 0 atom stereocenters.